The third kappa shape index (κ3) is 2.96. The minimum atomic E-state index is -0.191. The van der Waals surface area contributed by atoms with Crippen LogP contribution in [0.15, 0.2) is 18.2 Å². The molecule has 0 saturated carbocycles. The molecule has 0 aliphatic rings. The predicted molar refractivity (Wildman–Crippen MR) is 67.2 cm³/mol. The summed E-state index contributed by atoms with van der Waals surface area (Å²) in [5.74, 6) is -0.191. The van der Waals surface area contributed by atoms with Crippen LogP contribution >= 0.6 is 11.6 Å². The number of halogens is 2. The summed E-state index contributed by atoms with van der Waals surface area (Å²) < 4.78 is 13.6. The maximum Gasteiger partial charge on any atom is 0.126 e. The molecule has 0 aromatic heterocycles. The first-order valence-electron chi connectivity index (χ1n) is 5.71. The molecule has 3 heteroatoms. The summed E-state index contributed by atoms with van der Waals surface area (Å²) in [5.41, 5.74) is 6.47. The first-order chi connectivity index (χ1) is 7.56. The topological polar surface area (TPSA) is 26.0 Å². The Morgan fingerprint density at radius 3 is 2.44 bits per heavy atom. The molecule has 1 rings (SSSR count). The van der Waals surface area contributed by atoms with Crippen LogP contribution in [-0.2, 0) is 6.42 Å². The molecule has 0 bridgehead atoms. The Labute approximate surface area is 102 Å². The second kappa shape index (κ2) is 5.65. The number of hydrogen-bond acceptors (Lipinski definition) is 1. The Hall–Kier alpha value is -0.600. The summed E-state index contributed by atoms with van der Waals surface area (Å²) in [4.78, 5) is 0. The largest absolute Gasteiger partial charge is 0.330 e. The highest BCUT2D eigenvalue weighted by atomic mass is 35.5. The van der Waals surface area contributed by atoms with Crippen molar-refractivity contribution in [3.8, 4) is 0 Å². The summed E-state index contributed by atoms with van der Waals surface area (Å²) in [7, 11) is 0. The van der Waals surface area contributed by atoms with Crippen LogP contribution in [0.3, 0.4) is 0 Å². The van der Waals surface area contributed by atoms with E-state index >= 15 is 0 Å². The van der Waals surface area contributed by atoms with E-state index in [0.717, 1.165) is 12.8 Å². The molecule has 16 heavy (non-hydrogen) atoms. The fraction of sp³-hybridized carbons (Fsp3) is 0.538. The monoisotopic (exact) mass is 243 g/mol. The molecule has 0 aliphatic carbocycles. The fourth-order valence-corrected chi connectivity index (χ4v) is 2.14. The second-order valence-corrected chi connectivity index (χ2v) is 4.76. The average Bonchev–Trinajstić information content (AvgIpc) is 2.31. The van der Waals surface area contributed by atoms with Crippen molar-refractivity contribution in [1.29, 1.82) is 0 Å². The summed E-state index contributed by atoms with van der Waals surface area (Å²) >= 11 is 5.88. The number of nitrogens with two attached hydrogens (primary N) is 1. The molecule has 0 unspecified atom stereocenters. The molecule has 0 atom stereocenters. The zero-order chi connectivity index (χ0) is 12.2. The van der Waals surface area contributed by atoms with Gasteiger partial charge in [0.25, 0.3) is 0 Å². The van der Waals surface area contributed by atoms with Crippen molar-refractivity contribution in [3.05, 3.63) is 34.6 Å². The van der Waals surface area contributed by atoms with Crippen LogP contribution in [0.1, 0.15) is 32.3 Å². The molecule has 0 aliphatic heterocycles. The Morgan fingerprint density at radius 2 is 1.94 bits per heavy atom. The molecular weight excluding hydrogens is 225 g/mol. The lowest BCUT2D eigenvalue weighted by Gasteiger charge is -2.30. The van der Waals surface area contributed by atoms with Gasteiger partial charge in [0.1, 0.15) is 5.82 Å². The van der Waals surface area contributed by atoms with Crippen molar-refractivity contribution >= 4 is 11.6 Å². The lowest BCUT2D eigenvalue weighted by molar-refractivity contribution is 0.268. The van der Waals surface area contributed by atoms with Crippen LogP contribution in [0.2, 0.25) is 5.02 Å². The maximum atomic E-state index is 13.6. The lowest BCUT2D eigenvalue weighted by Crippen LogP contribution is -2.31. The van der Waals surface area contributed by atoms with Gasteiger partial charge in [-0.1, -0.05) is 25.4 Å². The zero-order valence-electron chi connectivity index (χ0n) is 9.89. The molecule has 0 spiro atoms. The molecule has 90 valence electrons. The van der Waals surface area contributed by atoms with E-state index in [1.807, 2.05) is 0 Å². The summed E-state index contributed by atoms with van der Waals surface area (Å²) in [5, 5.41) is 0.578. The van der Waals surface area contributed by atoms with E-state index in [9.17, 15) is 4.39 Å². The van der Waals surface area contributed by atoms with Crippen molar-refractivity contribution in [2.45, 2.75) is 33.1 Å². The van der Waals surface area contributed by atoms with E-state index in [1.165, 1.54) is 6.07 Å². The van der Waals surface area contributed by atoms with E-state index in [2.05, 4.69) is 13.8 Å². The molecule has 0 fully saturated rings. The highest BCUT2D eigenvalue weighted by Crippen LogP contribution is 2.31. The van der Waals surface area contributed by atoms with Gasteiger partial charge in [0.05, 0.1) is 0 Å². The zero-order valence-corrected chi connectivity index (χ0v) is 10.6. The van der Waals surface area contributed by atoms with Gasteiger partial charge in [0.15, 0.2) is 0 Å². The normalized spacial score (nSPS) is 11.8. The van der Waals surface area contributed by atoms with E-state index in [-0.39, 0.29) is 11.2 Å². The molecule has 0 radical (unpaired) electrons. The number of hydrogen-bond donors (Lipinski definition) is 1. The average molecular weight is 244 g/mol. The third-order valence-electron chi connectivity index (χ3n) is 3.51. The van der Waals surface area contributed by atoms with Crippen molar-refractivity contribution < 1.29 is 4.39 Å². The molecule has 1 nitrogen and oxygen atoms in total. The second-order valence-electron chi connectivity index (χ2n) is 4.32. The van der Waals surface area contributed by atoms with Gasteiger partial charge >= 0.3 is 0 Å². The van der Waals surface area contributed by atoms with E-state index in [1.54, 1.807) is 12.1 Å². The molecule has 0 amide bonds. The van der Waals surface area contributed by atoms with Crippen LogP contribution in [0, 0.1) is 11.2 Å². The maximum absolute atomic E-state index is 13.6. The van der Waals surface area contributed by atoms with Crippen molar-refractivity contribution in [1.82, 2.24) is 0 Å². The van der Waals surface area contributed by atoms with E-state index in [4.69, 9.17) is 17.3 Å². The van der Waals surface area contributed by atoms with Gasteiger partial charge in [0, 0.05) is 5.02 Å². The van der Waals surface area contributed by atoms with Crippen molar-refractivity contribution in [3.63, 3.8) is 0 Å². The Balaban J connectivity index is 2.97. The SMILES string of the molecule is CCC(CC)(CN)Cc1cc(Cl)ccc1F. The summed E-state index contributed by atoms with van der Waals surface area (Å²) in [6.45, 7) is 4.77. The first-order valence-corrected chi connectivity index (χ1v) is 6.08. The highest BCUT2D eigenvalue weighted by molar-refractivity contribution is 6.30. The van der Waals surface area contributed by atoms with E-state index in [0.29, 0.717) is 23.6 Å². The van der Waals surface area contributed by atoms with Gasteiger partial charge < -0.3 is 5.73 Å². The predicted octanol–water partition coefficient (Wildman–Crippen LogP) is 3.79. The van der Waals surface area contributed by atoms with Gasteiger partial charge in [-0.15, -0.1) is 0 Å². The van der Waals surface area contributed by atoms with E-state index < -0.39 is 0 Å². The first kappa shape index (κ1) is 13.5. The number of benzene rings is 1. The van der Waals surface area contributed by atoms with Gasteiger partial charge in [-0.25, -0.2) is 4.39 Å². The molecule has 2 N–H and O–H groups in total. The molecule has 0 heterocycles. The number of rotatable bonds is 5. The van der Waals surface area contributed by atoms with Crippen LogP contribution in [0.25, 0.3) is 0 Å². The van der Waals surface area contributed by atoms with Gasteiger partial charge in [-0.05, 0) is 55.0 Å². The summed E-state index contributed by atoms with van der Waals surface area (Å²) in [6, 6.07) is 4.69. The van der Waals surface area contributed by atoms with Gasteiger partial charge in [-0.3, -0.25) is 0 Å². The van der Waals surface area contributed by atoms with Gasteiger partial charge in [0.2, 0.25) is 0 Å². The quantitative estimate of drug-likeness (QED) is 0.837. The van der Waals surface area contributed by atoms with Crippen molar-refractivity contribution in [2.24, 2.45) is 11.1 Å². The Kier molecular flexibility index (Phi) is 4.75. The molecule has 1 aromatic rings. The Bertz CT molecular complexity index is 340. The fourth-order valence-electron chi connectivity index (χ4n) is 1.94. The van der Waals surface area contributed by atoms with Gasteiger partial charge in [-0.2, -0.15) is 0 Å². The standard InChI is InChI=1S/C13H19ClFN/c1-3-13(4-2,9-16)8-10-7-11(14)5-6-12(10)15/h5-7H,3-4,8-9,16H2,1-2H3. The van der Waals surface area contributed by atoms with Crippen molar-refractivity contribution in [2.75, 3.05) is 6.54 Å². The summed E-state index contributed by atoms with van der Waals surface area (Å²) in [6.07, 6.45) is 2.56. The minimum absolute atomic E-state index is 0.00841. The lowest BCUT2D eigenvalue weighted by atomic mass is 9.77. The molecule has 1 aromatic carbocycles. The van der Waals surface area contributed by atoms with Crippen LogP contribution in [0.4, 0.5) is 4.39 Å². The molecular formula is C13H19ClFN. The molecule has 0 saturated heterocycles. The highest BCUT2D eigenvalue weighted by Gasteiger charge is 2.26. The van der Waals surface area contributed by atoms with Crippen LogP contribution < -0.4 is 5.73 Å². The van der Waals surface area contributed by atoms with Crippen LogP contribution in [0.5, 0.6) is 0 Å². The smallest absolute Gasteiger partial charge is 0.126 e. The Morgan fingerprint density at radius 1 is 1.31 bits per heavy atom. The van der Waals surface area contributed by atoms with Crippen LogP contribution in [-0.4, -0.2) is 6.54 Å². The minimum Gasteiger partial charge on any atom is -0.330 e. The third-order valence-corrected chi connectivity index (χ3v) is 3.74.